The van der Waals surface area contributed by atoms with Gasteiger partial charge in [0.15, 0.2) is 0 Å². The van der Waals surface area contributed by atoms with E-state index < -0.39 is 6.04 Å². The molecule has 0 aromatic carbocycles. The Balaban J connectivity index is 1.97. The van der Waals surface area contributed by atoms with Crippen LogP contribution in [0.3, 0.4) is 0 Å². The Bertz CT molecular complexity index is 737. The van der Waals surface area contributed by atoms with Gasteiger partial charge in [0.1, 0.15) is 11.6 Å². The van der Waals surface area contributed by atoms with Crippen LogP contribution in [0.4, 0.5) is 0 Å². The SMILES string of the molecule is Cc1cc(C(=O)N2C[C@@H]3CCCN3C(=O)[C@@H]2C)c(=O)n(C)c1C. The monoisotopic (exact) mass is 317 g/mol. The average Bonchev–Trinajstić information content (AvgIpc) is 3.00. The summed E-state index contributed by atoms with van der Waals surface area (Å²) >= 11 is 0. The topological polar surface area (TPSA) is 62.6 Å². The molecule has 1 aromatic rings. The van der Waals surface area contributed by atoms with E-state index in [9.17, 15) is 14.4 Å². The average molecular weight is 317 g/mol. The highest BCUT2D eigenvalue weighted by atomic mass is 16.2. The Hall–Kier alpha value is -2.11. The second-order valence-corrected chi connectivity index (χ2v) is 6.65. The van der Waals surface area contributed by atoms with Crippen LogP contribution in [0, 0.1) is 13.8 Å². The lowest BCUT2D eigenvalue weighted by atomic mass is 10.0. The van der Waals surface area contributed by atoms with Crippen LogP contribution in [-0.2, 0) is 11.8 Å². The van der Waals surface area contributed by atoms with Crippen LogP contribution in [0.5, 0.6) is 0 Å². The Labute approximate surface area is 135 Å². The molecule has 6 nitrogen and oxygen atoms in total. The lowest BCUT2D eigenvalue weighted by Gasteiger charge is -2.41. The maximum Gasteiger partial charge on any atom is 0.263 e. The highest BCUT2D eigenvalue weighted by Crippen LogP contribution is 2.26. The second kappa shape index (κ2) is 5.51. The molecule has 2 saturated heterocycles. The number of aryl methyl sites for hydroxylation is 1. The minimum Gasteiger partial charge on any atom is -0.336 e. The third kappa shape index (κ3) is 2.36. The van der Waals surface area contributed by atoms with Gasteiger partial charge in [0.2, 0.25) is 5.91 Å². The summed E-state index contributed by atoms with van der Waals surface area (Å²) in [5.74, 6) is -0.339. The molecule has 3 heterocycles. The fraction of sp³-hybridized carbons (Fsp3) is 0.588. The van der Waals surface area contributed by atoms with Crippen molar-refractivity contribution in [3.8, 4) is 0 Å². The van der Waals surface area contributed by atoms with Crippen molar-refractivity contribution in [2.24, 2.45) is 7.05 Å². The molecule has 1 aromatic heterocycles. The normalized spacial score (nSPS) is 24.1. The molecule has 0 N–H and O–H groups in total. The zero-order valence-corrected chi connectivity index (χ0v) is 14.1. The van der Waals surface area contributed by atoms with Gasteiger partial charge >= 0.3 is 0 Å². The van der Waals surface area contributed by atoms with E-state index in [1.165, 1.54) is 4.57 Å². The van der Waals surface area contributed by atoms with Crippen molar-refractivity contribution < 1.29 is 9.59 Å². The van der Waals surface area contributed by atoms with Crippen molar-refractivity contribution in [3.63, 3.8) is 0 Å². The molecule has 0 radical (unpaired) electrons. The zero-order valence-electron chi connectivity index (χ0n) is 14.1. The van der Waals surface area contributed by atoms with Gasteiger partial charge in [-0.2, -0.15) is 0 Å². The van der Waals surface area contributed by atoms with Crippen molar-refractivity contribution in [1.82, 2.24) is 14.4 Å². The van der Waals surface area contributed by atoms with E-state index in [0.29, 0.717) is 6.54 Å². The molecule has 2 aliphatic heterocycles. The lowest BCUT2D eigenvalue weighted by molar-refractivity contribution is -0.141. The molecular formula is C17H23N3O3. The summed E-state index contributed by atoms with van der Waals surface area (Å²) in [6, 6.07) is 1.24. The minimum atomic E-state index is -0.511. The van der Waals surface area contributed by atoms with E-state index in [1.807, 2.05) is 18.7 Å². The molecule has 0 aliphatic carbocycles. The highest BCUT2D eigenvalue weighted by molar-refractivity contribution is 5.98. The minimum absolute atomic E-state index is 0.00671. The largest absolute Gasteiger partial charge is 0.336 e. The Morgan fingerprint density at radius 3 is 2.65 bits per heavy atom. The number of aromatic nitrogens is 1. The lowest BCUT2D eigenvalue weighted by Crippen LogP contribution is -2.60. The molecule has 2 fully saturated rings. The first-order valence-electron chi connectivity index (χ1n) is 8.11. The first kappa shape index (κ1) is 15.8. The summed E-state index contributed by atoms with van der Waals surface area (Å²) in [4.78, 5) is 41.3. The molecule has 6 heteroatoms. The zero-order chi connectivity index (χ0) is 16.9. The summed E-state index contributed by atoms with van der Waals surface area (Å²) in [6.07, 6.45) is 1.91. The first-order chi connectivity index (χ1) is 10.8. The third-order valence-corrected chi connectivity index (χ3v) is 5.35. The number of pyridine rings is 1. The molecule has 0 unspecified atom stereocenters. The standard InChI is InChI=1S/C17H23N3O3/c1-10-8-14(16(22)18(4)11(10)2)17(23)20-9-13-6-5-7-19(13)15(21)12(20)3/h8,12-13H,5-7,9H2,1-4H3/t12-,13-/m0/s1. The summed E-state index contributed by atoms with van der Waals surface area (Å²) in [5.41, 5.74) is 1.60. The number of hydrogen-bond acceptors (Lipinski definition) is 3. The van der Waals surface area contributed by atoms with E-state index in [1.54, 1.807) is 24.9 Å². The molecule has 124 valence electrons. The van der Waals surface area contributed by atoms with Crippen LogP contribution >= 0.6 is 0 Å². The van der Waals surface area contributed by atoms with Gasteiger partial charge in [-0.1, -0.05) is 0 Å². The van der Waals surface area contributed by atoms with Crippen LogP contribution < -0.4 is 5.56 Å². The molecule has 23 heavy (non-hydrogen) atoms. The van der Waals surface area contributed by atoms with Gasteiger partial charge in [-0.25, -0.2) is 0 Å². The van der Waals surface area contributed by atoms with Gasteiger partial charge in [-0.05, 0) is 45.2 Å². The molecular weight excluding hydrogens is 294 g/mol. The van der Waals surface area contributed by atoms with E-state index in [-0.39, 0.29) is 29.0 Å². The summed E-state index contributed by atoms with van der Waals surface area (Å²) in [5, 5.41) is 0. The van der Waals surface area contributed by atoms with E-state index in [2.05, 4.69) is 0 Å². The number of piperazine rings is 1. The van der Waals surface area contributed by atoms with E-state index in [0.717, 1.165) is 30.6 Å². The van der Waals surface area contributed by atoms with Gasteiger partial charge in [0.05, 0.1) is 0 Å². The van der Waals surface area contributed by atoms with Gasteiger partial charge in [0.25, 0.3) is 11.5 Å². The van der Waals surface area contributed by atoms with Crippen molar-refractivity contribution in [2.45, 2.75) is 45.7 Å². The van der Waals surface area contributed by atoms with Crippen LogP contribution in [0.25, 0.3) is 0 Å². The van der Waals surface area contributed by atoms with Gasteiger partial charge in [-0.3, -0.25) is 14.4 Å². The Morgan fingerprint density at radius 1 is 1.26 bits per heavy atom. The summed E-state index contributed by atoms with van der Waals surface area (Å²) in [6.45, 7) is 6.78. The third-order valence-electron chi connectivity index (χ3n) is 5.35. The van der Waals surface area contributed by atoms with E-state index >= 15 is 0 Å². The number of hydrogen-bond donors (Lipinski definition) is 0. The van der Waals surface area contributed by atoms with E-state index in [4.69, 9.17) is 0 Å². The van der Waals surface area contributed by atoms with Crippen molar-refractivity contribution in [1.29, 1.82) is 0 Å². The summed E-state index contributed by atoms with van der Waals surface area (Å²) in [7, 11) is 1.67. The van der Waals surface area contributed by atoms with Crippen molar-refractivity contribution in [3.05, 3.63) is 33.2 Å². The molecule has 2 aliphatic rings. The molecule has 0 bridgehead atoms. The number of carbonyl (C=O) groups excluding carboxylic acids is 2. The maximum atomic E-state index is 12.9. The molecule has 3 rings (SSSR count). The number of carbonyl (C=O) groups is 2. The molecule has 0 saturated carbocycles. The van der Waals surface area contributed by atoms with Crippen LogP contribution in [-0.4, -0.2) is 51.4 Å². The molecule has 0 spiro atoms. The fourth-order valence-electron chi connectivity index (χ4n) is 3.62. The Kier molecular flexibility index (Phi) is 3.78. The predicted molar refractivity (Wildman–Crippen MR) is 86.4 cm³/mol. The number of fused-ring (bicyclic) bond motifs is 1. The number of rotatable bonds is 1. The van der Waals surface area contributed by atoms with Crippen molar-refractivity contribution >= 4 is 11.8 Å². The number of nitrogens with zero attached hydrogens (tertiary/aromatic N) is 3. The van der Waals surface area contributed by atoms with Gasteiger partial charge < -0.3 is 14.4 Å². The maximum absolute atomic E-state index is 12.9. The first-order valence-corrected chi connectivity index (χ1v) is 8.11. The van der Waals surface area contributed by atoms with Gasteiger partial charge in [0, 0.05) is 31.9 Å². The summed E-state index contributed by atoms with van der Waals surface area (Å²) < 4.78 is 1.50. The smallest absolute Gasteiger partial charge is 0.263 e. The number of amides is 2. The second-order valence-electron chi connectivity index (χ2n) is 6.65. The molecule has 2 amide bonds. The molecule has 2 atom stereocenters. The fourth-order valence-corrected chi connectivity index (χ4v) is 3.62. The Morgan fingerprint density at radius 2 is 1.96 bits per heavy atom. The predicted octanol–water partition coefficient (Wildman–Crippen LogP) is 0.837. The van der Waals surface area contributed by atoms with Crippen LogP contribution in [0.1, 0.15) is 41.4 Å². The van der Waals surface area contributed by atoms with Crippen molar-refractivity contribution in [2.75, 3.05) is 13.1 Å². The highest BCUT2D eigenvalue weighted by Gasteiger charge is 2.42. The van der Waals surface area contributed by atoms with Crippen LogP contribution in [0.2, 0.25) is 0 Å². The van der Waals surface area contributed by atoms with Gasteiger partial charge in [-0.15, -0.1) is 0 Å². The van der Waals surface area contributed by atoms with Crippen LogP contribution in [0.15, 0.2) is 10.9 Å². The quantitative estimate of drug-likeness (QED) is 0.771.